The number of carbonyl (C=O) groups is 1. The van der Waals surface area contributed by atoms with Crippen molar-refractivity contribution in [3.05, 3.63) is 18.1 Å². The number of aryl methyl sites for hydroxylation is 1. The van der Waals surface area contributed by atoms with Gasteiger partial charge < -0.3 is 14.9 Å². The van der Waals surface area contributed by atoms with Crippen molar-refractivity contribution in [2.75, 3.05) is 37.7 Å². The quantitative estimate of drug-likeness (QED) is 0.879. The molecular formula is C17H24N6O2. The number of anilines is 1. The Balaban J connectivity index is 1.62. The number of likely N-dealkylation sites (tertiary alicyclic amines) is 1. The highest BCUT2D eigenvalue weighted by molar-refractivity contribution is 5.77. The lowest BCUT2D eigenvalue weighted by Crippen LogP contribution is -2.54. The Morgan fingerprint density at radius 3 is 3.04 bits per heavy atom. The van der Waals surface area contributed by atoms with E-state index in [2.05, 4.69) is 26.3 Å². The Labute approximate surface area is 146 Å². The fourth-order valence-corrected chi connectivity index (χ4v) is 4.34. The minimum Gasteiger partial charge on any atom is -0.395 e. The number of hydrogen-bond acceptors (Lipinski definition) is 6. The van der Waals surface area contributed by atoms with Gasteiger partial charge in [-0.15, -0.1) is 10.2 Å². The Kier molecular flexibility index (Phi) is 4.07. The van der Waals surface area contributed by atoms with Gasteiger partial charge in [0.2, 0.25) is 11.6 Å². The number of aromatic nitrogens is 4. The van der Waals surface area contributed by atoms with Crippen LogP contribution in [0.2, 0.25) is 0 Å². The molecular weight excluding hydrogens is 320 g/mol. The number of β-amino-alcohol motifs (C(OH)–C–C–N with tert-alkyl or cyclic N) is 1. The third kappa shape index (κ3) is 2.95. The highest BCUT2D eigenvalue weighted by Crippen LogP contribution is 2.40. The molecule has 0 radical (unpaired) electrons. The Hall–Kier alpha value is -2.22. The van der Waals surface area contributed by atoms with Crippen LogP contribution in [0.1, 0.15) is 31.4 Å². The first-order valence-corrected chi connectivity index (χ1v) is 8.91. The molecule has 1 spiro atoms. The molecule has 4 heterocycles. The van der Waals surface area contributed by atoms with Gasteiger partial charge in [0.15, 0.2) is 0 Å². The third-order valence-electron chi connectivity index (χ3n) is 5.49. The van der Waals surface area contributed by atoms with Gasteiger partial charge in [-0.25, -0.2) is 0 Å². The molecule has 1 amide bonds. The van der Waals surface area contributed by atoms with E-state index in [1.54, 1.807) is 10.8 Å². The minimum atomic E-state index is 0.0233. The summed E-state index contributed by atoms with van der Waals surface area (Å²) in [5.74, 6) is 0.163. The molecule has 0 saturated carbocycles. The predicted octanol–water partition coefficient (Wildman–Crippen LogP) is 0.634. The summed E-state index contributed by atoms with van der Waals surface area (Å²) in [4.78, 5) is 16.3. The lowest BCUT2D eigenvalue weighted by atomic mass is 9.73. The van der Waals surface area contributed by atoms with Gasteiger partial charge in [0.25, 0.3) is 0 Å². The van der Waals surface area contributed by atoms with Gasteiger partial charge in [0, 0.05) is 38.0 Å². The number of aliphatic hydroxyl groups excluding tert-OH is 1. The molecule has 2 aliphatic rings. The van der Waals surface area contributed by atoms with Gasteiger partial charge in [0.05, 0.1) is 18.0 Å². The molecule has 134 valence electrons. The number of piperidine rings is 2. The van der Waals surface area contributed by atoms with Crippen LogP contribution < -0.4 is 4.90 Å². The number of hydrogen-bond donors (Lipinski definition) is 1. The average molecular weight is 344 g/mol. The fraction of sp³-hybridized carbons (Fsp3) is 0.647. The van der Waals surface area contributed by atoms with Crippen LogP contribution in [0.5, 0.6) is 0 Å². The topological polar surface area (TPSA) is 86.9 Å². The Morgan fingerprint density at radius 1 is 1.32 bits per heavy atom. The molecule has 1 N–H and O–H groups in total. The van der Waals surface area contributed by atoms with Crippen molar-refractivity contribution in [1.29, 1.82) is 0 Å². The molecule has 2 saturated heterocycles. The van der Waals surface area contributed by atoms with Crippen molar-refractivity contribution in [2.24, 2.45) is 5.41 Å². The van der Waals surface area contributed by atoms with Crippen LogP contribution in [-0.4, -0.2) is 68.5 Å². The van der Waals surface area contributed by atoms with E-state index in [-0.39, 0.29) is 17.9 Å². The molecule has 2 aromatic rings. The first-order valence-electron chi connectivity index (χ1n) is 8.91. The molecule has 2 aliphatic heterocycles. The van der Waals surface area contributed by atoms with E-state index in [1.165, 1.54) is 0 Å². The maximum atomic E-state index is 12.1. The molecule has 1 unspecified atom stereocenters. The average Bonchev–Trinajstić information content (AvgIpc) is 3.06. The summed E-state index contributed by atoms with van der Waals surface area (Å²) in [5.41, 5.74) is 2.87. The zero-order valence-electron chi connectivity index (χ0n) is 14.6. The number of fused-ring (bicyclic) bond motifs is 1. The van der Waals surface area contributed by atoms with Crippen LogP contribution >= 0.6 is 0 Å². The first kappa shape index (κ1) is 16.3. The molecule has 0 bridgehead atoms. The van der Waals surface area contributed by atoms with E-state index in [9.17, 15) is 9.90 Å². The van der Waals surface area contributed by atoms with Gasteiger partial charge in [-0.05, 0) is 32.3 Å². The summed E-state index contributed by atoms with van der Waals surface area (Å²) < 4.78 is 1.73. The van der Waals surface area contributed by atoms with Gasteiger partial charge in [-0.3, -0.25) is 4.79 Å². The maximum absolute atomic E-state index is 12.1. The van der Waals surface area contributed by atoms with E-state index in [0.29, 0.717) is 13.0 Å². The second-order valence-electron chi connectivity index (χ2n) is 7.33. The number of amides is 1. The summed E-state index contributed by atoms with van der Waals surface area (Å²) in [6, 6.07) is 2.07. The summed E-state index contributed by atoms with van der Waals surface area (Å²) in [5, 5.41) is 21.9. The summed E-state index contributed by atoms with van der Waals surface area (Å²) in [6.45, 7) is 5.04. The van der Waals surface area contributed by atoms with Crippen LogP contribution in [-0.2, 0) is 4.79 Å². The van der Waals surface area contributed by atoms with E-state index in [0.717, 1.165) is 55.9 Å². The second-order valence-corrected chi connectivity index (χ2v) is 7.33. The monoisotopic (exact) mass is 344 g/mol. The maximum Gasteiger partial charge on any atom is 0.222 e. The first-order chi connectivity index (χ1) is 12.1. The van der Waals surface area contributed by atoms with Crippen molar-refractivity contribution in [3.63, 3.8) is 0 Å². The molecule has 8 heteroatoms. The van der Waals surface area contributed by atoms with Crippen LogP contribution in [0.4, 0.5) is 5.69 Å². The van der Waals surface area contributed by atoms with Crippen molar-refractivity contribution in [1.82, 2.24) is 24.7 Å². The van der Waals surface area contributed by atoms with Crippen molar-refractivity contribution in [3.8, 4) is 0 Å². The number of rotatable bonds is 3. The number of aliphatic hydroxyl groups is 1. The smallest absolute Gasteiger partial charge is 0.222 e. The molecule has 0 aromatic carbocycles. The molecule has 2 fully saturated rings. The van der Waals surface area contributed by atoms with Crippen molar-refractivity contribution < 1.29 is 9.90 Å². The SMILES string of the molecule is Cc1cc(N2CCCC3(CCC(=O)N(CCO)C3)C2)c2nncn2n1. The number of nitrogens with zero attached hydrogens (tertiary/aromatic N) is 6. The van der Waals surface area contributed by atoms with Gasteiger partial charge in [-0.2, -0.15) is 9.61 Å². The van der Waals surface area contributed by atoms with Crippen LogP contribution in [0.25, 0.3) is 5.65 Å². The molecule has 2 aromatic heterocycles. The van der Waals surface area contributed by atoms with E-state index < -0.39 is 0 Å². The van der Waals surface area contributed by atoms with E-state index in [4.69, 9.17) is 0 Å². The highest BCUT2D eigenvalue weighted by Gasteiger charge is 2.42. The normalized spacial score (nSPS) is 24.5. The van der Waals surface area contributed by atoms with E-state index >= 15 is 0 Å². The molecule has 25 heavy (non-hydrogen) atoms. The Morgan fingerprint density at radius 2 is 2.20 bits per heavy atom. The third-order valence-corrected chi connectivity index (χ3v) is 5.49. The predicted molar refractivity (Wildman–Crippen MR) is 92.3 cm³/mol. The van der Waals surface area contributed by atoms with Gasteiger partial charge in [0.1, 0.15) is 6.33 Å². The lowest BCUT2D eigenvalue weighted by molar-refractivity contribution is -0.138. The standard InChI is InChI=1S/C17H24N6O2/c1-13-9-14(16-19-18-12-23(16)20-13)21-6-2-4-17(10-21)5-3-15(25)22(11-17)7-8-24/h9,12,24H,2-8,10-11H2,1H3. The zero-order chi connectivity index (χ0) is 17.4. The zero-order valence-corrected chi connectivity index (χ0v) is 14.6. The number of carbonyl (C=O) groups excluding carboxylic acids is 1. The molecule has 1 atom stereocenters. The van der Waals surface area contributed by atoms with Crippen LogP contribution in [0.15, 0.2) is 12.4 Å². The molecule has 0 aliphatic carbocycles. The van der Waals surface area contributed by atoms with Crippen molar-refractivity contribution in [2.45, 2.75) is 32.6 Å². The minimum absolute atomic E-state index is 0.0233. The second kappa shape index (κ2) is 6.25. The Bertz CT molecular complexity index is 791. The molecule has 4 rings (SSSR count). The van der Waals surface area contributed by atoms with Crippen molar-refractivity contribution >= 4 is 17.2 Å². The summed E-state index contributed by atoms with van der Waals surface area (Å²) >= 11 is 0. The van der Waals surface area contributed by atoms with Crippen LogP contribution in [0, 0.1) is 12.3 Å². The van der Waals surface area contributed by atoms with Gasteiger partial charge >= 0.3 is 0 Å². The molecule has 8 nitrogen and oxygen atoms in total. The lowest BCUT2D eigenvalue weighted by Gasteiger charge is -2.48. The largest absolute Gasteiger partial charge is 0.395 e. The van der Waals surface area contributed by atoms with Gasteiger partial charge in [-0.1, -0.05) is 0 Å². The summed E-state index contributed by atoms with van der Waals surface area (Å²) in [6.07, 6.45) is 5.32. The summed E-state index contributed by atoms with van der Waals surface area (Å²) in [7, 11) is 0. The fourth-order valence-electron chi connectivity index (χ4n) is 4.34. The highest BCUT2D eigenvalue weighted by atomic mass is 16.3. The van der Waals surface area contributed by atoms with E-state index in [1.807, 2.05) is 11.8 Å². The van der Waals surface area contributed by atoms with Crippen LogP contribution in [0.3, 0.4) is 0 Å².